The van der Waals surface area contributed by atoms with Gasteiger partial charge in [0.15, 0.2) is 0 Å². The summed E-state index contributed by atoms with van der Waals surface area (Å²) in [6, 6.07) is 6.60. The molecule has 1 atom stereocenters. The first-order chi connectivity index (χ1) is 12.5. The molecule has 1 aliphatic heterocycles. The Bertz CT molecular complexity index is 773. The second kappa shape index (κ2) is 8.03. The van der Waals surface area contributed by atoms with Gasteiger partial charge in [0.05, 0.1) is 0 Å². The number of nitrogens with one attached hydrogen (secondary N) is 2. The molecule has 138 valence electrons. The van der Waals surface area contributed by atoms with Crippen molar-refractivity contribution >= 4 is 11.8 Å². The molecule has 3 N–H and O–H groups in total. The maximum Gasteiger partial charge on any atom is 0.269 e. The van der Waals surface area contributed by atoms with Crippen LogP contribution in [0.25, 0.3) is 0 Å². The van der Waals surface area contributed by atoms with Crippen LogP contribution in [0.3, 0.4) is 0 Å². The van der Waals surface area contributed by atoms with Crippen LogP contribution in [0.2, 0.25) is 0 Å². The Hall–Kier alpha value is -2.83. The molecule has 7 heteroatoms. The van der Waals surface area contributed by atoms with Crippen LogP contribution in [0.5, 0.6) is 5.75 Å². The molecule has 1 unspecified atom stereocenters. The second-order valence-corrected chi connectivity index (χ2v) is 6.72. The number of carbonyl (C=O) groups is 2. The summed E-state index contributed by atoms with van der Waals surface area (Å²) < 4.78 is 0. The van der Waals surface area contributed by atoms with Gasteiger partial charge in [0, 0.05) is 30.9 Å². The zero-order valence-corrected chi connectivity index (χ0v) is 14.9. The third-order valence-corrected chi connectivity index (χ3v) is 4.79. The van der Waals surface area contributed by atoms with Crippen molar-refractivity contribution in [2.75, 3.05) is 13.1 Å². The fraction of sp³-hybridized carbons (Fsp3) is 0.421. The number of aromatic amines is 1. The number of hydrogen-bond acceptors (Lipinski definition) is 4. The highest BCUT2D eigenvalue weighted by Crippen LogP contribution is 2.20. The van der Waals surface area contributed by atoms with Crippen LogP contribution in [0.15, 0.2) is 30.5 Å². The van der Waals surface area contributed by atoms with E-state index in [1.807, 2.05) is 4.90 Å². The van der Waals surface area contributed by atoms with Crippen molar-refractivity contribution < 1.29 is 14.7 Å². The molecule has 0 spiro atoms. The monoisotopic (exact) mass is 356 g/mol. The van der Waals surface area contributed by atoms with Gasteiger partial charge >= 0.3 is 0 Å². The van der Waals surface area contributed by atoms with Gasteiger partial charge < -0.3 is 15.3 Å². The molecule has 26 heavy (non-hydrogen) atoms. The van der Waals surface area contributed by atoms with E-state index in [-0.39, 0.29) is 23.6 Å². The smallest absolute Gasteiger partial charge is 0.269 e. The molecule has 1 aliphatic rings. The number of aromatic hydroxyl groups is 1. The zero-order valence-electron chi connectivity index (χ0n) is 14.9. The summed E-state index contributed by atoms with van der Waals surface area (Å²) >= 11 is 0. The van der Waals surface area contributed by atoms with Gasteiger partial charge in [0.2, 0.25) is 0 Å². The summed E-state index contributed by atoms with van der Waals surface area (Å²) in [4.78, 5) is 26.8. The molecule has 2 aromatic rings. The highest BCUT2D eigenvalue weighted by molar-refractivity contribution is 5.94. The van der Waals surface area contributed by atoms with Gasteiger partial charge in [-0.05, 0) is 62.4 Å². The van der Waals surface area contributed by atoms with Crippen molar-refractivity contribution in [1.29, 1.82) is 0 Å². The van der Waals surface area contributed by atoms with Crippen LogP contribution >= 0.6 is 0 Å². The Kier molecular flexibility index (Phi) is 5.55. The molecule has 1 fully saturated rings. The maximum absolute atomic E-state index is 12.8. The fourth-order valence-electron chi connectivity index (χ4n) is 3.23. The van der Waals surface area contributed by atoms with Crippen molar-refractivity contribution in [2.24, 2.45) is 0 Å². The van der Waals surface area contributed by atoms with Crippen molar-refractivity contribution in [3.63, 3.8) is 0 Å². The number of phenols is 1. The number of H-pyrrole nitrogens is 1. The minimum Gasteiger partial charge on any atom is -0.508 e. The topological polar surface area (TPSA) is 98.3 Å². The van der Waals surface area contributed by atoms with Crippen LogP contribution in [0.1, 0.15) is 52.1 Å². The normalized spacial score (nSPS) is 18.0. The summed E-state index contributed by atoms with van der Waals surface area (Å²) in [5, 5.41) is 19.1. The van der Waals surface area contributed by atoms with Gasteiger partial charge in [-0.3, -0.25) is 14.7 Å². The molecule has 1 aromatic carbocycles. The van der Waals surface area contributed by atoms with Crippen LogP contribution in [0.4, 0.5) is 0 Å². The van der Waals surface area contributed by atoms with Gasteiger partial charge in [-0.15, -0.1) is 0 Å². The fourth-order valence-corrected chi connectivity index (χ4v) is 3.23. The van der Waals surface area contributed by atoms with Gasteiger partial charge in [-0.25, -0.2) is 0 Å². The molecule has 0 saturated carbocycles. The highest BCUT2D eigenvalue weighted by atomic mass is 16.3. The number of phenolic OH excluding ortho intramolecular Hbond substituents is 1. The molecule has 1 saturated heterocycles. The molecular weight excluding hydrogens is 332 g/mol. The summed E-state index contributed by atoms with van der Waals surface area (Å²) in [6.07, 6.45) is 5.02. The van der Waals surface area contributed by atoms with Crippen LogP contribution in [-0.2, 0) is 0 Å². The Balaban J connectivity index is 1.62. The van der Waals surface area contributed by atoms with Gasteiger partial charge in [-0.1, -0.05) is 0 Å². The number of aryl methyl sites for hydroxylation is 1. The first-order valence-corrected chi connectivity index (χ1v) is 8.93. The molecule has 0 bridgehead atoms. The zero-order chi connectivity index (χ0) is 18.5. The second-order valence-electron chi connectivity index (χ2n) is 6.72. The van der Waals surface area contributed by atoms with Gasteiger partial charge in [-0.2, -0.15) is 5.10 Å². The van der Waals surface area contributed by atoms with Gasteiger partial charge in [0.25, 0.3) is 11.8 Å². The molecule has 0 aliphatic carbocycles. The lowest BCUT2D eigenvalue weighted by Crippen LogP contribution is -2.41. The SMILES string of the molecule is Cc1cc(C(=O)N2CCCCC(NC(=O)c3ccn[nH]3)CC2)ccc1O. The van der Waals surface area contributed by atoms with E-state index in [4.69, 9.17) is 0 Å². The van der Waals surface area contributed by atoms with E-state index in [1.54, 1.807) is 37.4 Å². The standard InChI is InChI=1S/C19H24N4O3/c1-13-12-14(5-6-17(13)24)19(26)23-10-3-2-4-15(8-11-23)21-18(25)16-7-9-20-22-16/h5-7,9,12,15,24H,2-4,8,10-11H2,1H3,(H,20,22)(H,21,25). The number of carbonyl (C=O) groups excluding carboxylic acids is 2. The predicted molar refractivity (Wildman–Crippen MR) is 97.1 cm³/mol. The quantitative estimate of drug-likeness (QED) is 0.785. The average molecular weight is 356 g/mol. The number of aromatic nitrogens is 2. The summed E-state index contributed by atoms with van der Waals surface area (Å²) in [7, 11) is 0. The van der Waals surface area contributed by atoms with E-state index >= 15 is 0 Å². The number of rotatable bonds is 3. The minimum absolute atomic E-state index is 0.0305. The molecule has 3 rings (SSSR count). The van der Waals surface area contributed by atoms with E-state index in [9.17, 15) is 14.7 Å². The maximum atomic E-state index is 12.8. The molecule has 7 nitrogen and oxygen atoms in total. The number of hydrogen-bond donors (Lipinski definition) is 3. The molecule has 1 aromatic heterocycles. The molecule has 0 radical (unpaired) electrons. The summed E-state index contributed by atoms with van der Waals surface area (Å²) in [6.45, 7) is 3.08. The first kappa shape index (κ1) is 18.0. The Morgan fingerprint density at radius 2 is 2.08 bits per heavy atom. The third-order valence-electron chi connectivity index (χ3n) is 4.79. The lowest BCUT2D eigenvalue weighted by molar-refractivity contribution is 0.0732. The first-order valence-electron chi connectivity index (χ1n) is 8.93. The van der Waals surface area contributed by atoms with Crippen LogP contribution in [-0.4, -0.2) is 51.1 Å². The minimum atomic E-state index is -0.167. The van der Waals surface area contributed by atoms with E-state index in [2.05, 4.69) is 15.5 Å². The number of benzene rings is 1. The Morgan fingerprint density at radius 1 is 1.23 bits per heavy atom. The third kappa shape index (κ3) is 4.22. The van der Waals surface area contributed by atoms with Crippen LogP contribution in [0, 0.1) is 6.92 Å². The van der Waals surface area contributed by atoms with E-state index in [0.29, 0.717) is 36.3 Å². The predicted octanol–water partition coefficient (Wildman–Crippen LogP) is 2.24. The van der Waals surface area contributed by atoms with E-state index in [1.165, 1.54) is 0 Å². The van der Waals surface area contributed by atoms with Crippen molar-refractivity contribution in [3.05, 3.63) is 47.3 Å². The highest BCUT2D eigenvalue weighted by Gasteiger charge is 2.22. The Labute approximate surface area is 152 Å². The summed E-state index contributed by atoms with van der Waals surface area (Å²) in [5.41, 5.74) is 1.71. The number of likely N-dealkylation sites (tertiary alicyclic amines) is 1. The lowest BCUT2D eigenvalue weighted by atomic mass is 10.0. The molecule has 2 heterocycles. The van der Waals surface area contributed by atoms with E-state index in [0.717, 1.165) is 19.3 Å². The molecular formula is C19H24N4O3. The lowest BCUT2D eigenvalue weighted by Gasteiger charge is -2.29. The number of nitrogens with zero attached hydrogens (tertiary/aromatic N) is 2. The van der Waals surface area contributed by atoms with Crippen LogP contribution < -0.4 is 5.32 Å². The average Bonchev–Trinajstić information content (AvgIpc) is 3.14. The van der Waals surface area contributed by atoms with Crippen molar-refractivity contribution in [2.45, 2.75) is 38.6 Å². The van der Waals surface area contributed by atoms with Crippen molar-refractivity contribution in [3.8, 4) is 5.75 Å². The largest absolute Gasteiger partial charge is 0.508 e. The van der Waals surface area contributed by atoms with E-state index < -0.39 is 0 Å². The Morgan fingerprint density at radius 3 is 2.81 bits per heavy atom. The summed E-state index contributed by atoms with van der Waals surface area (Å²) in [5.74, 6) is -0.00967. The molecule has 2 amide bonds. The van der Waals surface area contributed by atoms with Gasteiger partial charge in [0.1, 0.15) is 11.4 Å². The number of amides is 2. The van der Waals surface area contributed by atoms with Crippen molar-refractivity contribution in [1.82, 2.24) is 20.4 Å².